The summed E-state index contributed by atoms with van der Waals surface area (Å²) in [6, 6.07) is -0.0687. The molecule has 0 aromatic carbocycles. The first-order valence-electron chi connectivity index (χ1n) is 5.44. The maximum atomic E-state index is 11.9. The Kier molecular flexibility index (Phi) is 4.54. The molecule has 1 aliphatic rings. The van der Waals surface area contributed by atoms with Gasteiger partial charge in [-0.25, -0.2) is 4.79 Å². The highest BCUT2D eigenvalue weighted by Crippen LogP contribution is 2.27. The Hall–Kier alpha value is -1.30. The summed E-state index contributed by atoms with van der Waals surface area (Å²) in [7, 11) is 3.51. The largest absolute Gasteiger partial charge is 0.480 e. The van der Waals surface area contributed by atoms with E-state index < -0.39 is 5.97 Å². The van der Waals surface area contributed by atoms with E-state index in [2.05, 4.69) is 5.32 Å². The molecule has 2 N–H and O–H groups in total. The summed E-state index contributed by atoms with van der Waals surface area (Å²) < 4.78 is 0. The molecule has 2 amide bonds. The predicted octanol–water partition coefficient (Wildman–Crippen LogP) is -0.193. The number of urea groups is 1. The van der Waals surface area contributed by atoms with E-state index in [1.807, 2.05) is 7.05 Å². The number of carbonyl (C=O) groups is 2. The summed E-state index contributed by atoms with van der Waals surface area (Å²) in [6.07, 6.45) is 1.83. The van der Waals surface area contributed by atoms with Crippen molar-refractivity contribution in [2.75, 3.05) is 33.7 Å². The van der Waals surface area contributed by atoms with E-state index in [4.69, 9.17) is 5.11 Å². The van der Waals surface area contributed by atoms with Crippen LogP contribution in [-0.2, 0) is 4.79 Å². The number of amides is 2. The lowest BCUT2D eigenvalue weighted by atomic mass is 10.4. The summed E-state index contributed by atoms with van der Waals surface area (Å²) in [6.45, 7) is 1.08. The topological polar surface area (TPSA) is 72.9 Å². The molecule has 92 valence electrons. The second kappa shape index (κ2) is 5.69. The summed E-state index contributed by atoms with van der Waals surface area (Å²) in [5, 5.41) is 11.7. The maximum Gasteiger partial charge on any atom is 0.323 e. The van der Waals surface area contributed by atoms with E-state index >= 15 is 0 Å². The molecule has 1 rings (SSSR count). The first-order chi connectivity index (χ1) is 7.56. The first kappa shape index (κ1) is 12.8. The molecule has 0 unspecified atom stereocenters. The fourth-order valence-corrected chi connectivity index (χ4v) is 1.48. The van der Waals surface area contributed by atoms with E-state index in [0.717, 1.165) is 12.8 Å². The van der Waals surface area contributed by atoms with Crippen LogP contribution in [0.2, 0.25) is 0 Å². The zero-order valence-corrected chi connectivity index (χ0v) is 9.77. The molecule has 0 radical (unpaired) electrons. The van der Waals surface area contributed by atoms with Crippen LogP contribution < -0.4 is 5.32 Å². The van der Waals surface area contributed by atoms with Gasteiger partial charge in [-0.05, 0) is 19.9 Å². The molecule has 0 heterocycles. The minimum absolute atomic E-state index is 0.126. The van der Waals surface area contributed by atoms with Crippen molar-refractivity contribution in [3.63, 3.8) is 0 Å². The molecule has 0 aliphatic heterocycles. The van der Waals surface area contributed by atoms with Crippen LogP contribution in [0.25, 0.3) is 0 Å². The van der Waals surface area contributed by atoms with Crippen LogP contribution in [0.3, 0.4) is 0 Å². The van der Waals surface area contributed by atoms with Crippen LogP contribution in [0.5, 0.6) is 0 Å². The van der Waals surface area contributed by atoms with Crippen LogP contribution in [0.15, 0.2) is 0 Å². The van der Waals surface area contributed by atoms with E-state index in [1.165, 1.54) is 4.90 Å². The lowest BCUT2D eigenvalue weighted by molar-refractivity contribution is -0.137. The predicted molar refractivity (Wildman–Crippen MR) is 59.3 cm³/mol. The monoisotopic (exact) mass is 229 g/mol. The fourth-order valence-electron chi connectivity index (χ4n) is 1.48. The van der Waals surface area contributed by atoms with Crippen molar-refractivity contribution >= 4 is 12.0 Å². The van der Waals surface area contributed by atoms with Crippen molar-refractivity contribution < 1.29 is 14.7 Å². The molecule has 6 nitrogen and oxygen atoms in total. The standard InChI is InChI=1S/C10H19N3O3/c1-11-5-6-12(2)10(16)13(7-9(14)15)8-3-4-8/h8,11H,3-7H2,1-2H3,(H,14,15). The highest BCUT2D eigenvalue weighted by atomic mass is 16.4. The van der Waals surface area contributed by atoms with Crippen molar-refractivity contribution in [3.05, 3.63) is 0 Å². The van der Waals surface area contributed by atoms with Crippen LogP contribution in [0.1, 0.15) is 12.8 Å². The minimum atomic E-state index is -0.956. The van der Waals surface area contributed by atoms with Gasteiger partial charge in [-0.2, -0.15) is 0 Å². The summed E-state index contributed by atoms with van der Waals surface area (Å²) >= 11 is 0. The van der Waals surface area contributed by atoms with E-state index in [-0.39, 0.29) is 18.6 Å². The van der Waals surface area contributed by atoms with Crippen LogP contribution >= 0.6 is 0 Å². The van der Waals surface area contributed by atoms with Crippen molar-refractivity contribution in [1.29, 1.82) is 0 Å². The normalized spacial score (nSPS) is 14.6. The van der Waals surface area contributed by atoms with Gasteiger partial charge in [0.25, 0.3) is 0 Å². The molecular formula is C10H19N3O3. The van der Waals surface area contributed by atoms with Gasteiger partial charge in [0.15, 0.2) is 0 Å². The van der Waals surface area contributed by atoms with E-state index in [9.17, 15) is 9.59 Å². The summed E-state index contributed by atoms with van der Waals surface area (Å²) in [5.41, 5.74) is 0. The van der Waals surface area contributed by atoms with Gasteiger partial charge in [0.05, 0.1) is 0 Å². The van der Waals surface area contributed by atoms with E-state index in [1.54, 1.807) is 11.9 Å². The zero-order valence-electron chi connectivity index (χ0n) is 9.77. The molecule has 0 aromatic rings. The third-order valence-electron chi connectivity index (χ3n) is 2.56. The lowest BCUT2D eigenvalue weighted by Gasteiger charge is -2.26. The van der Waals surface area contributed by atoms with Crippen LogP contribution in [0.4, 0.5) is 4.79 Å². The Morgan fingerprint density at radius 1 is 1.44 bits per heavy atom. The Morgan fingerprint density at radius 3 is 2.50 bits per heavy atom. The number of carboxylic acids is 1. The summed E-state index contributed by atoms with van der Waals surface area (Å²) in [5.74, 6) is -0.956. The highest BCUT2D eigenvalue weighted by Gasteiger charge is 2.35. The molecule has 0 bridgehead atoms. The minimum Gasteiger partial charge on any atom is -0.480 e. The number of carbonyl (C=O) groups excluding carboxylic acids is 1. The molecule has 0 aromatic heterocycles. The number of aliphatic carboxylic acids is 1. The molecule has 0 atom stereocenters. The lowest BCUT2D eigenvalue weighted by Crippen LogP contribution is -2.46. The van der Waals surface area contributed by atoms with Gasteiger partial charge >= 0.3 is 12.0 Å². The van der Waals surface area contributed by atoms with Gasteiger partial charge in [0, 0.05) is 26.2 Å². The Labute approximate surface area is 95.2 Å². The molecule has 1 saturated carbocycles. The molecule has 0 spiro atoms. The quantitative estimate of drug-likeness (QED) is 0.662. The molecule has 1 aliphatic carbocycles. The molecule has 0 saturated heterocycles. The van der Waals surface area contributed by atoms with Gasteiger partial charge in [0.1, 0.15) is 6.54 Å². The summed E-state index contributed by atoms with van der Waals surface area (Å²) in [4.78, 5) is 25.6. The molecule has 6 heteroatoms. The Balaban J connectivity index is 2.49. The fraction of sp³-hybridized carbons (Fsp3) is 0.800. The number of hydrogen-bond acceptors (Lipinski definition) is 3. The third-order valence-corrected chi connectivity index (χ3v) is 2.56. The smallest absolute Gasteiger partial charge is 0.323 e. The Morgan fingerprint density at radius 2 is 2.06 bits per heavy atom. The van der Waals surface area contributed by atoms with Gasteiger partial charge in [-0.15, -0.1) is 0 Å². The molecular weight excluding hydrogens is 210 g/mol. The molecule has 16 heavy (non-hydrogen) atoms. The zero-order chi connectivity index (χ0) is 12.1. The average Bonchev–Trinajstić information content (AvgIpc) is 3.05. The van der Waals surface area contributed by atoms with Crippen molar-refractivity contribution in [2.24, 2.45) is 0 Å². The SMILES string of the molecule is CNCCN(C)C(=O)N(CC(=O)O)C1CC1. The number of rotatable bonds is 6. The van der Waals surface area contributed by atoms with Crippen molar-refractivity contribution in [2.45, 2.75) is 18.9 Å². The van der Waals surface area contributed by atoms with Crippen molar-refractivity contribution in [1.82, 2.24) is 15.1 Å². The van der Waals surface area contributed by atoms with Gasteiger partial charge in [0.2, 0.25) is 0 Å². The number of nitrogens with zero attached hydrogens (tertiary/aromatic N) is 2. The van der Waals surface area contributed by atoms with E-state index in [0.29, 0.717) is 13.1 Å². The van der Waals surface area contributed by atoms with Crippen molar-refractivity contribution in [3.8, 4) is 0 Å². The van der Waals surface area contributed by atoms with Crippen LogP contribution in [-0.4, -0.2) is 66.7 Å². The first-order valence-corrected chi connectivity index (χ1v) is 5.44. The average molecular weight is 229 g/mol. The number of nitrogens with one attached hydrogen (secondary N) is 1. The second-order valence-electron chi connectivity index (χ2n) is 4.06. The van der Waals surface area contributed by atoms with Gasteiger partial charge in [-0.3, -0.25) is 4.79 Å². The Bertz CT molecular complexity index is 266. The number of likely N-dealkylation sites (N-methyl/N-ethyl adjacent to an activating group) is 2. The third kappa shape index (κ3) is 3.69. The number of hydrogen-bond donors (Lipinski definition) is 2. The second-order valence-corrected chi connectivity index (χ2v) is 4.06. The highest BCUT2D eigenvalue weighted by molar-refractivity contribution is 5.80. The number of carboxylic acid groups (broad SMARTS) is 1. The van der Waals surface area contributed by atoms with Gasteiger partial charge in [-0.1, -0.05) is 0 Å². The molecule has 1 fully saturated rings. The van der Waals surface area contributed by atoms with Crippen LogP contribution in [0, 0.1) is 0 Å². The van der Waals surface area contributed by atoms with Gasteiger partial charge < -0.3 is 20.2 Å². The maximum absolute atomic E-state index is 11.9.